The second-order valence-electron chi connectivity index (χ2n) is 7.69. The van der Waals surface area contributed by atoms with Crippen molar-refractivity contribution in [3.63, 3.8) is 0 Å². The molecule has 1 fully saturated rings. The van der Waals surface area contributed by atoms with E-state index in [9.17, 15) is 9.59 Å². The lowest BCUT2D eigenvalue weighted by Crippen LogP contribution is -2.39. The van der Waals surface area contributed by atoms with Crippen LogP contribution >= 0.6 is 0 Å². The molecule has 30 heavy (non-hydrogen) atoms. The van der Waals surface area contributed by atoms with Gasteiger partial charge < -0.3 is 21.1 Å². The van der Waals surface area contributed by atoms with Crippen molar-refractivity contribution in [3.8, 4) is 0 Å². The number of hydrogen-bond acceptors (Lipinski definition) is 5. The maximum Gasteiger partial charge on any atom is 0.335 e. The van der Waals surface area contributed by atoms with E-state index in [1.54, 1.807) is 36.7 Å². The van der Waals surface area contributed by atoms with Crippen molar-refractivity contribution >= 4 is 11.9 Å². The first kappa shape index (κ1) is 21.9. The molecule has 160 valence electrons. The normalized spacial score (nSPS) is 15.5. The predicted molar refractivity (Wildman–Crippen MR) is 115 cm³/mol. The maximum atomic E-state index is 12.9. The quantitative estimate of drug-likeness (QED) is 0.479. The Kier molecular flexibility index (Phi) is 8.35. The average molecular weight is 411 g/mol. The van der Waals surface area contributed by atoms with Gasteiger partial charge in [-0.25, -0.2) is 4.79 Å². The number of amides is 1. The largest absolute Gasteiger partial charge is 0.478 e. The maximum absolute atomic E-state index is 12.9. The summed E-state index contributed by atoms with van der Waals surface area (Å²) in [5.41, 5.74) is 2.10. The van der Waals surface area contributed by atoms with Crippen LogP contribution in [0.2, 0.25) is 0 Å². The van der Waals surface area contributed by atoms with Crippen LogP contribution in [0, 0.1) is 5.92 Å². The number of piperidine rings is 1. The molecule has 1 aliphatic heterocycles. The zero-order chi connectivity index (χ0) is 21.2. The van der Waals surface area contributed by atoms with Gasteiger partial charge >= 0.3 is 5.97 Å². The minimum Gasteiger partial charge on any atom is -0.478 e. The van der Waals surface area contributed by atoms with E-state index in [1.807, 2.05) is 12.1 Å². The first-order valence-electron chi connectivity index (χ1n) is 10.6. The number of nitrogens with zero attached hydrogens (tertiary/aromatic N) is 1. The van der Waals surface area contributed by atoms with Crippen molar-refractivity contribution in [3.05, 3.63) is 65.5 Å². The number of carboxylic acids is 1. The molecular formula is C23H30N4O3. The Balaban J connectivity index is 1.59. The van der Waals surface area contributed by atoms with Crippen LogP contribution in [0.3, 0.4) is 0 Å². The molecule has 1 atom stereocenters. The van der Waals surface area contributed by atoms with Gasteiger partial charge in [-0.2, -0.15) is 0 Å². The fourth-order valence-electron chi connectivity index (χ4n) is 3.76. The van der Waals surface area contributed by atoms with E-state index >= 15 is 0 Å². The number of rotatable bonds is 10. The summed E-state index contributed by atoms with van der Waals surface area (Å²) in [4.78, 5) is 28.1. The molecular weight excluding hydrogens is 380 g/mol. The van der Waals surface area contributed by atoms with Gasteiger partial charge in [-0.1, -0.05) is 12.1 Å². The molecule has 2 heterocycles. The molecule has 4 N–H and O–H groups in total. The van der Waals surface area contributed by atoms with Crippen LogP contribution < -0.4 is 16.0 Å². The van der Waals surface area contributed by atoms with E-state index in [4.69, 9.17) is 5.11 Å². The minimum absolute atomic E-state index is 0.0996. The van der Waals surface area contributed by atoms with Crippen molar-refractivity contribution in [2.24, 2.45) is 5.92 Å². The summed E-state index contributed by atoms with van der Waals surface area (Å²) in [6.45, 7) is 3.39. The molecule has 1 amide bonds. The van der Waals surface area contributed by atoms with E-state index in [2.05, 4.69) is 20.9 Å². The number of benzene rings is 1. The summed E-state index contributed by atoms with van der Waals surface area (Å²) in [5, 5.41) is 18.9. The van der Waals surface area contributed by atoms with E-state index < -0.39 is 12.0 Å². The molecule has 2 aromatic rings. The molecule has 1 aromatic heterocycles. The fourth-order valence-corrected chi connectivity index (χ4v) is 3.76. The summed E-state index contributed by atoms with van der Waals surface area (Å²) >= 11 is 0. The molecule has 1 aliphatic rings. The Morgan fingerprint density at radius 1 is 1.07 bits per heavy atom. The van der Waals surface area contributed by atoms with Crippen LogP contribution in [0.1, 0.15) is 46.8 Å². The Morgan fingerprint density at radius 2 is 1.77 bits per heavy atom. The Morgan fingerprint density at radius 3 is 2.43 bits per heavy atom. The number of carboxylic acid groups (broad SMARTS) is 1. The highest BCUT2D eigenvalue weighted by Crippen LogP contribution is 2.18. The van der Waals surface area contributed by atoms with Crippen LogP contribution in [0.5, 0.6) is 0 Å². The van der Waals surface area contributed by atoms with Crippen molar-refractivity contribution in [2.45, 2.75) is 31.7 Å². The number of nitrogens with one attached hydrogen (secondary N) is 3. The lowest BCUT2D eigenvalue weighted by atomic mass is 9.94. The lowest BCUT2D eigenvalue weighted by molar-refractivity contribution is -0.123. The number of pyridine rings is 1. The summed E-state index contributed by atoms with van der Waals surface area (Å²) in [5.74, 6) is -0.403. The van der Waals surface area contributed by atoms with Gasteiger partial charge in [0.15, 0.2) is 0 Å². The second kappa shape index (κ2) is 11.4. The zero-order valence-electron chi connectivity index (χ0n) is 17.1. The van der Waals surface area contributed by atoms with Crippen molar-refractivity contribution in [1.82, 2.24) is 20.9 Å². The van der Waals surface area contributed by atoms with Gasteiger partial charge in [-0.05, 0) is 86.6 Å². The van der Waals surface area contributed by atoms with Crippen molar-refractivity contribution in [1.29, 1.82) is 0 Å². The van der Waals surface area contributed by atoms with Crippen molar-refractivity contribution in [2.75, 3.05) is 26.2 Å². The third-order valence-corrected chi connectivity index (χ3v) is 5.58. The molecule has 1 saturated heterocycles. The van der Waals surface area contributed by atoms with E-state index in [0.717, 1.165) is 56.4 Å². The number of aromatic carboxylic acids is 1. The first-order valence-corrected chi connectivity index (χ1v) is 10.6. The van der Waals surface area contributed by atoms with Gasteiger partial charge in [0.2, 0.25) is 5.91 Å². The van der Waals surface area contributed by atoms with Crippen molar-refractivity contribution < 1.29 is 14.7 Å². The summed E-state index contributed by atoms with van der Waals surface area (Å²) in [6, 6.07) is 9.89. The molecule has 0 aliphatic carbocycles. The number of carbonyl (C=O) groups excluding carboxylic acids is 1. The van der Waals surface area contributed by atoms with Crippen LogP contribution in [0.4, 0.5) is 0 Å². The molecule has 1 unspecified atom stereocenters. The Bertz CT molecular complexity index is 805. The molecule has 3 rings (SSSR count). The standard InChI is InChI=1S/C23H30N4O3/c28-22(27-16-10-18-7-13-25-14-8-18)21(19-1-3-20(4-2-19)23(29)30)26-15-9-17-5-11-24-12-6-17/h1-4,7-8,13-14,17,21,24,26H,5-6,9-12,15-16H2,(H,27,28)(H,29,30). The Hall–Kier alpha value is -2.77. The fraction of sp³-hybridized carbons (Fsp3) is 0.435. The number of hydrogen-bond donors (Lipinski definition) is 4. The van der Waals surface area contributed by atoms with Gasteiger partial charge in [-0.3, -0.25) is 9.78 Å². The second-order valence-corrected chi connectivity index (χ2v) is 7.69. The van der Waals surface area contributed by atoms with Gasteiger partial charge in [0.05, 0.1) is 5.56 Å². The molecule has 1 aromatic carbocycles. The molecule has 7 heteroatoms. The predicted octanol–water partition coefficient (Wildman–Crippen LogP) is 2.16. The topological polar surface area (TPSA) is 103 Å². The summed E-state index contributed by atoms with van der Waals surface area (Å²) < 4.78 is 0. The van der Waals surface area contributed by atoms with Gasteiger partial charge in [0.1, 0.15) is 6.04 Å². The first-order chi connectivity index (χ1) is 14.6. The molecule has 0 saturated carbocycles. The lowest BCUT2D eigenvalue weighted by Gasteiger charge is -2.24. The van der Waals surface area contributed by atoms with Gasteiger partial charge in [0.25, 0.3) is 0 Å². The third kappa shape index (κ3) is 6.64. The van der Waals surface area contributed by atoms with Crippen LogP contribution in [0.25, 0.3) is 0 Å². The molecule has 0 bridgehead atoms. The van der Waals surface area contributed by atoms with E-state index in [0.29, 0.717) is 12.5 Å². The number of carbonyl (C=O) groups is 2. The smallest absolute Gasteiger partial charge is 0.335 e. The molecule has 7 nitrogen and oxygen atoms in total. The van der Waals surface area contributed by atoms with Crippen LogP contribution in [-0.4, -0.2) is 48.1 Å². The average Bonchev–Trinajstić information content (AvgIpc) is 2.78. The monoisotopic (exact) mass is 410 g/mol. The minimum atomic E-state index is -0.973. The molecule has 0 radical (unpaired) electrons. The Labute approximate surface area is 177 Å². The highest BCUT2D eigenvalue weighted by molar-refractivity contribution is 5.88. The SMILES string of the molecule is O=C(O)c1ccc(C(NCCC2CCNCC2)C(=O)NCCc2ccncc2)cc1. The van der Waals surface area contributed by atoms with E-state index in [1.165, 1.54) is 0 Å². The summed E-state index contributed by atoms with van der Waals surface area (Å²) in [7, 11) is 0. The summed E-state index contributed by atoms with van der Waals surface area (Å²) in [6.07, 6.45) is 7.57. The zero-order valence-corrected chi connectivity index (χ0v) is 17.1. The molecule has 0 spiro atoms. The third-order valence-electron chi connectivity index (χ3n) is 5.58. The number of aromatic nitrogens is 1. The highest BCUT2D eigenvalue weighted by Gasteiger charge is 2.21. The van der Waals surface area contributed by atoms with E-state index in [-0.39, 0.29) is 11.5 Å². The van der Waals surface area contributed by atoms with Crippen LogP contribution in [-0.2, 0) is 11.2 Å². The van der Waals surface area contributed by atoms with Gasteiger partial charge in [-0.15, -0.1) is 0 Å². The van der Waals surface area contributed by atoms with Crippen LogP contribution in [0.15, 0.2) is 48.8 Å². The highest BCUT2D eigenvalue weighted by atomic mass is 16.4. The van der Waals surface area contributed by atoms with Gasteiger partial charge in [0, 0.05) is 18.9 Å².